The van der Waals surface area contributed by atoms with Crippen molar-refractivity contribution >= 4 is 62.0 Å². The monoisotopic (exact) mass is 539 g/mol. The van der Waals surface area contributed by atoms with Crippen LogP contribution in [0.15, 0.2) is 41.4 Å². The van der Waals surface area contributed by atoms with Crippen molar-refractivity contribution in [2.75, 3.05) is 12.3 Å². The largest absolute Gasteiger partial charge is 0.487 e. The maximum atomic E-state index is 13.7. The first-order chi connectivity index (χ1) is 10.6. The molecule has 1 aliphatic heterocycles. The molecule has 2 aromatic carbocycles. The summed E-state index contributed by atoms with van der Waals surface area (Å²) in [6.45, 7) is 1.12. The van der Waals surface area contributed by atoms with Gasteiger partial charge in [0, 0.05) is 23.4 Å². The zero-order valence-electron chi connectivity index (χ0n) is 11.5. The van der Waals surface area contributed by atoms with E-state index in [1.807, 2.05) is 6.07 Å². The van der Waals surface area contributed by atoms with Crippen LogP contribution in [-0.4, -0.2) is 17.3 Å². The minimum Gasteiger partial charge on any atom is -0.487 e. The fraction of sp³-hybridized carbons (Fsp3) is 0.188. The summed E-state index contributed by atoms with van der Waals surface area (Å²) < 4.78 is 21.5. The van der Waals surface area contributed by atoms with Crippen molar-refractivity contribution in [2.45, 2.75) is 6.61 Å². The Morgan fingerprint density at radius 3 is 2.55 bits per heavy atom. The zero-order valence-corrected chi connectivity index (χ0v) is 16.6. The van der Waals surface area contributed by atoms with Gasteiger partial charge < -0.3 is 4.74 Å². The third-order valence-corrected chi connectivity index (χ3v) is 5.79. The van der Waals surface area contributed by atoms with Crippen molar-refractivity contribution in [3.05, 3.63) is 60.5 Å². The molecule has 0 N–H and O–H groups in total. The van der Waals surface area contributed by atoms with E-state index in [-0.39, 0.29) is 12.4 Å². The van der Waals surface area contributed by atoms with Gasteiger partial charge >= 0.3 is 0 Å². The summed E-state index contributed by atoms with van der Waals surface area (Å²) in [7, 11) is 0. The Bertz CT molecular complexity index is 713. The molecule has 0 atom stereocenters. The van der Waals surface area contributed by atoms with Crippen molar-refractivity contribution < 1.29 is 9.13 Å². The van der Waals surface area contributed by atoms with Crippen molar-refractivity contribution in [1.82, 2.24) is 0 Å². The molecule has 0 aromatic heterocycles. The first-order valence-corrected chi connectivity index (χ1v) is 9.82. The fourth-order valence-electron chi connectivity index (χ4n) is 2.10. The third kappa shape index (κ3) is 3.76. The van der Waals surface area contributed by atoms with Gasteiger partial charge in [-0.25, -0.2) is 4.39 Å². The minimum atomic E-state index is -0.235. The third-order valence-electron chi connectivity index (χ3n) is 3.16. The van der Waals surface area contributed by atoms with E-state index in [1.165, 1.54) is 6.07 Å². The van der Waals surface area contributed by atoms with E-state index in [9.17, 15) is 4.39 Å². The number of hydrogen-bond donors (Lipinski definition) is 0. The first kappa shape index (κ1) is 16.5. The van der Waals surface area contributed by atoms with Crippen LogP contribution < -0.4 is 4.74 Å². The van der Waals surface area contributed by atoms with Gasteiger partial charge in [-0.05, 0) is 63.4 Å². The number of nitrogens with zero attached hydrogens (tertiary/aromatic N) is 1. The summed E-state index contributed by atoms with van der Waals surface area (Å²) in [6.07, 6.45) is 0. The number of thioether (sulfide) groups is 1. The van der Waals surface area contributed by atoms with Crippen molar-refractivity contribution in [3.8, 4) is 5.75 Å². The van der Waals surface area contributed by atoms with E-state index in [4.69, 9.17) is 4.74 Å². The lowest BCUT2D eigenvalue weighted by atomic mass is 10.2. The Balaban J connectivity index is 1.81. The van der Waals surface area contributed by atoms with Gasteiger partial charge in [0.1, 0.15) is 18.2 Å². The summed E-state index contributed by atoms with van der Waals surface area (Å²) in [4.78, 5) is 4.51. The maximum absolute atomic E-state index is 13.7. The molecule has 0 unspecified atom stereocenters. The van der Waals surface area contributed by atoms with Gasteiger partial charge in [0.15, 0.2) is 0 Å². The molecule has 0 radical (unpaired) electrons. The number of benzene rings is 2. The zero-order chi connectivity index (χ0) is 15.5. The average Bonchev–Trinajstić information content (AvgIpc) is 3.02. The van der Waals surface area contributed by atoms with Crippen LogP contribution >= 0.6 is 56.9 Å². The molecule has 2 aromatic rings. The number of rotatable bonds is 4. The van der Waals surface area contributed by atoms with Crippen LogP contribution in [0.3, 0.4) is 0 Å². The highest BCUT2D eigenvalue weighted by Crippen LogP contribution is 2.32. The lowest BCUT2D eigenvalue weighted by Crippen LogP contribution is -2.03. The molecule has 114 valence electrons. The summed E-state index contributed by atoms with van der Waals surface area (Å²) in [6, 6.07) is 10.9. The number of ether oxygens (including phenoxy) is 1. The number of aliphatic imine (C=N–C) groups is 1. The van der Waals surface area contributed by atoms with Crippen LogP contribution in [0, 0.1) is 13.0 Å². The predicted molar refractivity (Wildman–Crippen MR) is 106 cm³/mol. The van der Waals surface area contributed by atoms with Crippen LogP contribution in [0.1, 0.15) is 11.1 Å². The standard InChI is InChI=1S/C16H12FI2NOS/c17-12-4-2-1-3-10(12)9-21-15-13(18)7-11(8-14(15)19)16-20-5-6-22-16/h1-4,7-8H,5-6,9H2. The Morgan fingerprint density at radius 2 is 1.91 bits per heavy atom. The molecular formula is C16H12FI2NOS. The smallest absolute Gasteiger partial charge is 0.146 e. The molecule has 0 spiro atoms. The SMILES string of the molecule is Fc1ccccc1COc1c(I)cc(C2=NCCS2)cc1I. The molecule has 0 saturated carbocycles. The van der Waals surface area contributed by atoms with Gasteiger partial charge in [-0.15, -0.1) is 11.8 Å². The molecule has 3 rings (SSSR count). The number of halogens is 3. The molecular weight excluding hydrogens is 527 g/mol. The molecule has 0 saturated heterocycles. The summed E-state index contributed by atoms with van der Waals surface area (Å²) in [5.74, 6) is 1.62. The molecule has 0 bridgehead atoms. The molecule has 6 heteroatoms. The summed E-state index contributed by atoms with van der Waals surface area (Å²) in [5.41, 5.74) is 1.70. The molecule has 1 heterocycles. The molecule has 2 nitrogen and oxygen atoms in total. The minimum absolute atomic E-state index is 0.230. The van der Waals surface area contributed by atoms with Crippen LogP contribution in [-0.2, 0) is 6.61 Å². The number of hydrogen-bond acceptors (Lipinski definition) is 3. The average molecular weight is 539 g/mol. The quantitative estimate of drug-likeness (QED) is 0.505. The molecule has 22 heavy (non-hydrogen) atoms. The van der Waals surface area contributed by atoms with E-state index < -0.39 is 0 Å². The predicted octanol–water partition coefficient (Wildman–Crippen LogP) is 5.11. The Morgan fingerprint density at radius 1 is 1.18 bits per heavy atom. The molecule has 0 aliphatic carbocycles. The molecule has 0 amide bonds. The first-order valence-electron chi connectivity index (χ1n) is 6.68. The van der Waals surface area contributed by atoms with Crippen LogP contribution in [0.25, 0.3) is 0 Å². The molecule has 0 fully saturated rings. The summed E-state index contributed by atoms with van der Waals surface area (Å²) in [5, 5.41) is 1.09. The van der Waals surface area contributed by atoms with Gasteiger partial charge in [0.05, 0.1) is 12.2 Å². The second-order valence-corrected chi connectivity index (χ2v) is 8.09. The lowest BCUT2D eigenvalue weighted by Gasteiger charge is -2.13. The highest BCUT2D eigenvalue weighted by molar-refractivity contribution is 14.1. The fourth-order valence-corrected chi connectivity index (χ4v) is 5.02. The maximum Gasteiger partial charge on any atom is 0.146 e. The van der Waals surface area contributed by atoms with Gasteiger partial charge in [-0.1, -0.05) is 18.2 Å². The van der Waals surface area contributed by atoms with E-state index >= 15 is 0 Å². The Labute approximate surface area is 160 Å². The topological polar surface area (TPSA) is 21.6 Å². The van der Waals surface area contributed by atoms with E-state index in [1.54, 1.807) is 23.9 Å². The van der Waals surface area contributed by atoms with E-state index in [0.717, 1.165) is 35.8 Å². The van der Waals surface area contributed by atoms with Crippen molar-refractivity contribution in [3.63, 3.8) is 0 Å². The second kappa shape index (κ2) is 7.48. The highest BCUT2D eigenvalue weighted by atomic mass is 127. The van der Waals surface area contributed by atoms with Crippen LogP contribution in [0.4, 0.5) is 4.39 Å². The van der Waals surface area contributed by atoms with Crippen molar-refractivity contribution in [2.24, 2.45) is 4.99 Å². The highest BCUT2D eigenvalue weighted by Gasteiger charge is 2.15. The second-order valence-electron chi connectivity index (χ2n) is 4.68. The lowest BCUT2D eigenvalue weighted by molar-refractivity contribution is 0.295. The van der Waals surface area contributed by atoms with E-state index in [2.05, 4.69) is 62.3 Å². The van der Waals surface area contributed by atoms with Gasteiger partial charge in [-0.3, -0.25) is 4.99 Å². The van der Waals surface area contributed by atoms with Gasteiger partial charge in [-0.2, -0.15) is 0 Å². The van der Waals surface area contributed by atoms with Crippen LogP contribution in [0.2, 0.25) is 0 Å². The van der Waals surface area contributed by atoms with Crippen LogP contribution in [0.5, 0.6) is 5.75 Å². The molecule has 1 aliphatic rings. The Kier molecular flexibility index (Phi) is 5.61. The van der Waals surface area contributed by atoms with Gasteiger partial charge in [0.2, 0.25) is 0 Å². The normalized spacial score (nSPS) is 14.0. The van der Waals surface area contributed by atoms with Gasteiger partial charge in [0.25, 0.3) is 0 Å². The Hall–Kier alpha value is -0.350. The van der Waals surface area contributed by atoms with Crippen molar-refractivity contribution in [1.29, 1.82) is 0 Å². The summed E-state index contributed by atoms with van der Waals surface area (Å²) >= 11 is 6.31. The van der Waals surface area contributed by atoms with E-state index in [0.29, 0.717) is 5.56 Å².